The van der Waals surface area contributed by atoms with Crippen LogP contribution in [0.1, 0.15) is 23.6 Å². The smallest absolute Gasteiger partial charge is 0.277 e. The number of benzene rings is 2. The van der Waals surface area contributed by atoms with E-state index in [9.17, 15) is 9.59 Å². The summed E-state index contributed by atoms with van der Waals surface area (Å²) in [7, 11) is 1.50. The van der Waals surface area contributed by atoms with Crippen LogP contribution in [0.4, 0.5) is 5.69 Å². The van der Waals surface area contributed by atoms with Crippen LogP contribution in [0.15, 0.2) is 48.2 Å². The van der Waals surface area contributed by atoms with Gasteiger partial charge in [0.05, 0.1) is 12.2 Å². The molecule has 0 radical (unpaired) electrons. The molecule has 0 atom stereocenters. The molecule has 0 unspecified atom stereocenters. The highest BCUT2D eigenvalue weighted by Gasteiger charge is 2.36. The third-order valence-electron chi connectivity index (χ3n) is 4.38. The minimum Gasteiger partial charge on any atom is -0.494 e. The number of carbonyl (C=O) groups is 2. The summed E-state index contributed by atoms with van der Waals surface area (Å²) in [4.78, 5) is 26.4. The number of ether oxygens (including phenoxy) is 1. The summed E-state index contributed by atoms with van der Waals surface area (Å²) in [6.07, 6.45) is 0. The minimum atomic E-state index is -0.334. The largest absolute Gasteiger partial charge is 0.494 e. The molecule has 0 aliphatic carbocycles. The zero-order valence-electron chi connectivity index (χ0n) is 15.4. The molecule has 0 fully saturated rings. The lowest BCUT2D eigenvalue weighted by atomic mass is 10.0. The van der Waals surface area contributed by atoms with Crippen molar-refractivity contribution in [1.29, 1.82) is 0 Å². The Morgan fingerprint density at radius 3 is 2.31 bits per heavy atom. The van der Waals surface area contributed by atoms with Crippen molar-refractivity contribution >= 4 is 23.1 Å². The third kappa shape index (κ3) is 3.20. The van der Waals surface area contributed by atoms with E-state index in [1.807, 2.05) is 39.0 Å². The van der Waals surface area contributed by atoms with Gasteiger partial charge in [0.1, 0.15) is 11.4 Å². The number of carbonyl (C=O) groups excluding carboxylic acids is 2. The summed E-state index contributed by atoms with van der Waals surface area (Å²) < 4.78 is 5.45. The maximum absolute atomic E-state index is 12.6. The topological polar surface area (TPSA) is 58.6 Å². The van der Waals surface area contributed by atoms with Crippen molar-refractivity contribution in [2.24, 2.45) is 0 Å². The van der Waals surface area contributed by atoms with Crippen molar-refractivity contribution in [3.05, 3.63) is 64.9 Å². The van der Waals surface area contributed by atoms with Crippen LogP contribution in [-0.2, 0) is 9.59 Å². The van der Waals surface area contributed by atoms with E-state index in [-0.39, 0.29) is 11.8 Å². The van der Waals surface area contributed by atoms with Gasteiger partial charge in [0, 0.05) is 12.7 Å². The molecule has 26 heavy (non-hydrogen) atoms. The molecule has 1 heterocycles. The summed E-state index contributed by atoms with van der Waals surface area (Å²) in [6.45, 7) is 6.47. The van der Waals surface area contributed by atoms with Gasteiger partial charge < -0.3 is 10.1 Å². The Labute approximate surface area is 153 Å². The third-order valence-corrected chi connectivity index (χ3v) is 4.38. The quantitative estimate of drug-likeness (QED) is 0.838. The molecule has 0 aromatic heterocycles. The second kappa shape index (κ2) is 7.04. The number of nitrogens with zero attached hydrogens (tertiary/aromatic N) is 1. The highest BCUT2D eigenvalue weighted by atomic mass is 16.5. The molecule has 134 valence electrons. The number of nitrogens with one attached hydrogen (secondary N) is 1. The molecule has 2 amide bonds. The van der Waals surface area contributed by atoms with Gasteiger partial charge in [0.25, 0.3) is 11.8 Å². The van der Waals surface area contributed by atoms with Crippen LogP contribution in [-0.4, -0.2) is 30.4 Å². The molecule has 1 N–H and O–H groups in total. The summed E-state index contributed by atoms with van der Waals surface area (Å²) in [5.41, 5.74) is 4.32. The van der Waals surface area contributed by atoms with E-state index >= 15 is 0 Å². The van der Waals surface area contributed by atoms with Gasteiger partial charge in [-0.3, -0.25) is 14.5 Å². The normalized spacial score (nSPS) is 14.2. The van der Waals surface area contributed by atoms with Crippen LogP contribution in [0.5, 0.6) is 5.75 Å². The second-order valence-electron chi connectivity index (χ2n) is 6.32. The number of imide groups is 1. The SMILES string of the molecule is CCOc1ccc(C2=C(Nc3ccc(C)cc3C)C(=O)N(C)C2=O)cc1. The van der Waals surface area contributed by atoms with Gasteiger partial charge in [-0.25, -0.2) is 0 Å². The van der Waals surface area contributed by atoms with E-state index in [4.69, 9.17) is 4.74 Å². The zero-order chi connectivity index (χ0) is 18.8. The fourth-order valence-corrected chi connectivity index (χ4v) is 3.00. The molecule has 2 aromatic rings. The van der Waals surface area contributed by atoms with Crippen molar-refractivity contribution in [3.8, 4) is 5.75 Å². The molecule has 1 aliphatic rings. The van der Waals surface area contributed by atoms with E-state index in [2.05, 4.69) is 5.32 Å². The second-order valence-corrected chi connectivity index (χ2v) is 6.32. The Balaban J connectivity index is 2.04. The molecule has 3 rings (SSSR count). The predicted molar refractivity (Wildman–Crippen MR) is 102 cm³/mol. The zero-order valence-corrected chi connectivity index (χ0v) is 15.4. The molecule has 5 nitrogen and oxygen atoms in total. The number of hydrogen-bond donors (Lipinski definition) is 1. The van der Waals surface area contributed by atoms with Gasteiger partial charge in [0.15, 0.2) is 0 Å². The van der Waals surface area contributed by atoms with Crippen LogP contribution < -0.4 is 10.1 Å². The van der Waals surface area contributed by atoms with Gasteiger partial charge in [-0.05, 0) is 50.1 Å². The first-order valence-electron chi connectivity index (χ1n) is 8.56. The maximum Gasteiger partial charge on any atom is 0.277 e. The van der Waals surface area contributed by atoms with Gasteiger partial charge in [-0.15, -0.1) is 0 Å². The first kappa shape index (κ1) is 17.7. The van der Waals surface area contributed by atoms with E-state index in [0.717, 1.165) is 27.5 Å². The molecule has 0 saturated heterocycles. The van der Waals surface area contributed by atoms with E-state index in [1.165, 1.54) is 7.05 Å². The average Bonchev–Trinajstić information content (AvgIpc) is 2.82. The lowest BCUT2D eigenvalue weighted by molar-refractivity contribution is -0.135. The van der Waals surface area contributed by atoms with E-state index in [0.29, 0.717) is 23.4 Å². The van der Waals surface area contributed by atoms with Crippen LogP contribution in [0.3, 0.4) is 0 Å². The van der Waals surface area contributed by atoms with Gasteiger partial charge in [-0.2, -0.15) is 0 Å². The Hall–Kier alpha value is -3.08. The first-order valence-corrected chi connectivity index (χ1v) is 8.56. The Morgan fingerprint density at radius 1 is 1.00 bits per heavy atom. The molecule has 5 heteroatoms. The van der Waals surface area contributed by atoms with Crippen molar-refractivity contribution in [2.75, 3.05) is 19.0 Å². The molecule has 0 spiro atoms. The van der Waals surface area contributed by atoms with E-state index < -0.39 is 0 Å². The first-order chi connectivity index (χ1) is 12.4. The maximum atomic E-state index is 12.6. The fourth-order valence-electron chi connectivity index (χ4n) is 3.00. The van der Waals surface area contributed by atoms with Crippen LogP contribution in [0.2, 0.25) is 0 Å². The Kier molecular flexibility index (Phi) is 4.80. The highest BCUT2D eigenvalue weighted by molar-refractivity contribution is 6.36. The van der Waals surface area contributed by atoms with Crippen molar-refractivity contribution in [1.82, 2.24) is 4.90 Å². The number of anilines is 1. The number of amides is 2. The Bertz CT molecular complexity index is 898. The lowest BCUT2D eigenvalue weighted by Gasteiger charge is -2.12. The number of hydrogen-bond acceptors (Lipinski definition) is 4. The average molecular weight is 350 g/mol. The monoisotopic (exact) mass is 350 g/mol. The standard InChI is InChI=1S/C21H22N2O3/c1-5-26-16-9-7-15(8-10-16)18-19(21(25)23(4)20(18)24)22-17-11-6-13(2)12-14(17)3/h6-12,22H,5H2,1-4H3. The molecular weight excluding hydrogens is 328 g/mol. The molecular formula is C21H22N2O3. The fraction of sp³-hybridized carbons (Fsp3) is 0.238. The van der Waals surface area contributed by atoms with Crippen molar-refractivity contribution < 1.29 is 14.3 Å². The predicted octanol–water partition coefficient (Wildman–Crippen LogP) is 3.52. The van der Waals surface area contributed by atoms with Gasteiger partial charge in [-0.1, -0.05) is 29.8 Å². The molecule has 1 aliphatic heterocycles. The van der Waals surface area contributed by atoms with E-state index in [1.54, 1.807) is 24.3 Å². The minimum absolute atomic E-state index is 0.300. The van der Waals surface area contributed by atoms with Crippen LogP contribution in [0.25, 0.3) is 5.57 Å². The highest BCUT2D eigenvalue weighted by Crippen LogP contribution is 2.31. The summed E-state index contributed by atoms with van der Waals surface area (Å²) in [5, 5.41) is 3.17. The number of rotatable bonds is 5. The molecule has 2 aromatic carbocycles. The summed E-state index contributed by atoms with van der Waals surface area (Å²) >= 11 is 0. The molecule has 0 bridgehead atoms. The summed E-state index contributed by atoms with van der Waals surface area (Å²) in [5.74, 6) is 0.0798. The van der Waals surface area contributed by atoms with Crippen LogP contribution in [0, 0.1) is 13.8 Å². The number of aryl methyl sites for hydroxylation is 2. The summed E-state index contributed by atoms with van der Waals surface area (Å²) in [6, 6.07) is 13.1. The van der Waals surface area contributed by atoms with Crippen LogP contribution >= 0.6 is 0 Å². The van der Waals surface area contributed by atoms with Gasteiger partial charge >= 0.3 is 0 Å². The van der Waals surface area contributed by atoms with Gasteiger partial charge in [0.2, 0.25) is 0 Å². The lowest BCUT2D eigenvalue weighted by Crippen LogP contribution is -2.28. The molecule has 0 saturated carbocycles. The number of likely N-dealkylation sites (N-methyl/N-ethyl adjacent to an activating group) is 1. The Morgan fingerprint density at radius 2 is 1.69 bits per heavy atom. The van der Waals surface area contributed by atoms with Crippen molar-refractivity contribution in [3.63, 3.8) is 0 Å². The van der Waals surface area contributed by atoms with Crippen molar-refractivity contribution in [2.45, 2.75) is 20.8 Å².